The average Bonchev–Trinajstić information content (AvgIpc) is 3.47. The number of allylic oxidation sites excluding steroid dienone is 1. The van der Waals surface area contributed by atoms with E-state index in [0.717, 1.165) is 48.3 Å². The van der Waals surface area contributed by atoms with E-state index in [4.69, 9.17) is 10.4 Å². The van der Waals surface area contributed by atoms with Crippen molar-refractivity contribution in [2.75, 3.05) is 41.3 Å². The predicted octanol–water partition coefficient (Wildman–Crippen LogP) is 3.57. The van der Waals surface area contributed by atoms with Gasteiger partial charge in [0.2, 0.25) is 0 Å². The third-order valence-electron chi connectivity index (χ3n) is 6.34. The van der Waals surface area contributed by atoms with Crippen LogP contribution in [0, 0.1) is 5.41 Å². The first-order valence-corrected chi connectivity index (χ1v) is 13.3. The second kappa shape index (κ2) is 11.0. The summed E-state index contributed by atoms with van der Waals surface area (Å²) in [5.41, 5.74) is 4.12. The van der Waals surface area contributed by atoms with Crippen LogP contribution in [0.25, 0.3) is 22.3 Å². The van der Waals surface area contributed by atoms with Gasteiger partial charge in [0.05, 0.1) is 47.6 Å². The van der Waals surface area contributed by atoms with Crippen LogP contribution in [0.2, 0.25) is 0 Å². The molecule has 3 aromatic heterocycles. The lowest BCUT2D eigenvalue weighted by molar-refractivity contribution is 0.233. The summed E-state index contributed by atoms with van der Waals surface area (Å²) in [5.74, 6) is 0. The zero-order chi connectivity index (χ0) is 25.1. The van der Waals surface area contributed by atoms with Crippen LogP contribution in [-0.2, 0) is 0 Å². The Morgan fingerprint density at radius 3 is 2.51 bits per heavy atom. The molecule has 10 nitrogen and oxygen atoms in total. The van der Waals surface area contributed by atoms with Crippen molar-refractivity contribution in [2.45, 2.75) is 38.8 Å². The van der Waals surface area contributed by atoms with Gasteiger partial charge in [-0.05, 0) is 47.1 Å². The first-order chi connectivity index (χ1) is 16.9. The maximum Gasteiger partial charge on any atom is 0.119 e. The van der Waals surface area contributed by atoms with Gasteiger partial charge in [-0.1, -0.05) is 13.8 Å². The molecule has 0 unspecified atom stereocenters. The molecule has 0 bridgehead atoms. The number of aromatic nitrogens is 5. The van der Waals surface area contributed by atoms with E-state index in [1.54, 1.807) is 6.20 Å². The van der Waals surface area contributed by atoms with Gasteiger partial charge in [0.1, 0.15) is 8.37 Å². The first-order valence-electron chi connectivity index (χ1n) is 12.1. The Hall–Kier alpha value is -2.65. The van der Waals surface area contributed by atoms with E-state index < -0.39 is 8.37 Å². The highest BCUT2D eigenvalue weighted by atomic mass is 31.2. The minimum Gasteiger partial charge on any atom is -0.385 e. The third-order valence-corrected chi connectivity index (χ3v) is 8.60. The van der Waals surface area contributed by atoms with Crippen molar-refractivity contribution >= 4 is 25.7 Å². The van der Waals surface area contributed by atoms with Gasteiger partial charge >= 0.3 is 0 Å². The Morgan fingerprint density at radius 2 is 1.89 bits per heavy atom. The summed E-state index contributed by atoms with van der Waals surface area (Å²) in [5, 5.41) is 20.6. The number of hydrogen-bond donors (Lipinski definition) is 2. The van der Waals surface area contributed by atoms with E-state index in [-0.39, 0.29) is 0 Å². The number of nitrogens with zero attached hydrogens (tertiary/aromatic N) is 8. The zero-order valence-electron chi connectivity index (χ0n) is 21.5. The van der Waals surface area contributed by atoms with Crippen molar-refractivity contribution < 1.29 is 0 Å². The van der Waals surface area contributed by atoms with Gasteiger partial charge in [-0.15, -0.1) is 0 Å². The van der Waals surface area contributed by atoms with Crippen molar-refractivity contribution in [3.63, 3.8) is 0 Å². The van der Waals surface area contributed by atoms with Crippen molar-refractivity contribution in [2.24, 2.45) is 0 Å². The monoisotopic (exact) mass is 496 g/mol. The molecule has 4 rings (SSSR count). The third kappa shape index (κ3) is 5.30. The quantitative estimate of drug-likeness (QED) is 0.310. The number of hydrogen-bond acceptors (Lipinski definition) is 8. The fraction of sp³-hybridized carbons (Fsp3) is 0.500. The van der Waals surface area contributed by atoms with Crippen molar-refractivity contribution in [3.05, 3.63) is 42.7 Å². The number of fused-ring (bicyclic) bond motifs is 1. The maximum atomic E-state index is 8.05. The largest absolute Gasteiger partial charge is 0.385 e. The van der Waals surface area contributed by atoms with Gasteiger partial charge in [-0.3, -0.25) is 18.7 Å². The van der Waals surface area contributed by atoms with E-state index in [1.165, 1.54) is 6.21 Å². The summed E-state index contributed by atoms with van der Waals surface area (Å²) in [4.78, 5) is 4.96. The van der Waals surface area contributed by atoms with Gasteiger partial charge in [0.25, 0.3) is 0 Å². The molecule has 0 aliphatic carbocycles. The molecule has 0 spiro atoms. The molecular weight excluding hydrogens is 459 g/mol. The van der Waals surface area contributed by atoms with Crippen LogP contribution < -0.4 is 5.32 Å². The molecule has 0 atom stereocenters. The minimum absolute atomic E-state index is 0.348. The molecule has 3 aromatic rings. The second-order valence-corrected chi connectivity index (χ2v) is 12.0. The Bertz CT molecular complexity index is 1160. The van der Waals surface area contributed by atoms with Crippen molar-refractivity contribution in [3.8, 4) is 11.3 Å². The fourth-order valence-electron chi connectivity index (χ4n) is 4.57. The topological polar surface area (TPSA) is 93.6 Å². The van der Waals surface area contributed by atoms with Gasteiger partial charge < -0.3 is 10.7 Å². The minimum atomic E-state index is -0.441. The van der Waals surface area contributed by atoms with Gasteiger partial charge in [-0.2, -0.15) is 10.2 Å². The molecule has 0 amide bonds. The van der Waals surface area contributed by atoms with Crippen LogP contribution >= 0.6 is 8.37 Å². The van der Waals surface area contributed by atoms with Crippen LogP contribution in [0.15, 0.2) is 37.1 Å². The van der Waals surface area contributed by atoms with E-state index in [9.17, 15) is 0 Å². The Morgan fingerprint density at radius 1 is 1.17 bits per heavy atom. The summed E-state index contributed by atoms with van der Waals surface area (Å²) in [7, 11) is 8.07. The molecular formula is C24H37N10P. The first kappa shape index (κ1) is 25.4. The summed E-state index contributed by atoms with van der Waals surface area (Å²) in [6, 6.07) is 2.68. The summed E-state index contributed by atoms with van der Waals surface area (Å²) in [6.07, 6.45) is 12.9. The van der Waals surface area contributed by atoms with E-state index in [2.05, 4.69) is 77.8 Å². The molecule has 11 heteroatoms. The standard InChI is InChI=1S/C24H37N10P/c1-7-21(8-2)33-14-19(13-28-33)24-23-9-10-27-34(23)17-22(29-24)18(11-25)12-26-20-15-32(16-20)35(30(3)4)31(5)6/h9-14,17,20-21,25-26H,7-8,15-16H2,1-6H3/b18-12+,25-11?. The molecule has 1 aliphatic rings. The zero-order valence-corrected chi connectivity index (χ0v) is 22.4. The predicted molar refractivity (Wildman–Crippen MR) is 143 cm³/mol. The SMILES string of the molecule is CCC(CC)n1cc(-c2nc(/C(C=N)=C/NC3CN(P(N(C)C)N(C)C)C3)cn3nccc23)cn1. The molecule has 188 valence electrons. The molecule has 0 aromatic carbocycles. The summed E-state index contributed by atoms with van der Waals surface area (Å²) < 4.78 is 10.9. The summed E-state index contributed by atoms with van der Waals surface area (Å²) >= 11 is 0. The van der Waals surface area contributed by atoms with Gasteiger partial charge in [0, 0.05) is 42.8 Å². The van der Waals surface area contributed by atoms with Gasteiger partial charge in [-0.25, -0.2) is 9.50 Å². The van der Waals surface area contributed by atoms with Crippen LogP contribution in [-0.4, -0.2) is 91.9 Å². The Kier molecular flexibility index (Phi) is 7.96. The molecule has 1 saturated heterocycles. The van der Waals surface area contributed by atoms with Crippen LogP contribution in [0.5, 0.6) is 0 Å². The molecule has 0 radical (unpaired) electrons. The Balaban J connectivity index is 1.55. The molecule has 0 saturated carbocycles. The highest BCUT2D eigenvalue weighted by Gasteiger charge is 2.34. The molecule has 1 fully saturated rings. The van der Waals surface area contributed by atoms with Crippen molar-refractivity contribution in [1.29, 1.82) is 5.41 Å². The maximum absolute atomic E-state index is 8.05. The summed E-state index contributed by atoms with van der Waals surface area (Å²) in [6.45, 7) is 6.30. The molecule has 1 aliphatic heterocycles. The molecule has 2 N–H and O–H groups in total. The number of nitrogens with one attached hydrogen (secondary N) is 2. The lowest BCUT2D eigenvalue weighted by Crippen LogP contribution is -2.56. The lowest BCUT2D eigenvalue weighted by atomic mass is 10.1. The van der Waals surface area contributed by atoms with Crippen molar-refractivity contribution in [1.82, 2.24) is 43.7 Å². The lowest BCUT2D eigenvalue weighted by Gasteiger charge is -2.48. The second-order valence-electron chi connectivity index (χ2n) is 9.26. The van der Waals surface area contributed by atoms with E-state index in [0.29, 0.717) is 17.8 Å². The highest BCUT2D eigenvalue weighted by molar-refractivity contribution is 7.50. The average molecular weight is 497 g/mol. The molecule has 35 heavy (non-hydrogen) atoms. The van der Waals surface area contributed by atoms with E-state index >= 15 is 0 Å². The van der Waals surface area contributed by atoms with Crippen LogP contribution in [0.4, 0.5) is 0 Å². The van der Waals surface area contributed by atoms with Crippen LogP contribution in [0.3, 0.4) is 0 Å². The highest BCUT2D eigenvalue weighted by Crippen LogP contribution is 2.46. The number of rotatable bonds is 11. The van der Waals surface area contributed by atoms with Crippen LogP contribution in [0.1, 0.15) is 38.4 Å². The fourth-order valence-corrected chi connectivity index (χ4v) is 6.98. The normalized spacial score (nSPS) is 15.7. The smallest absolute Gasteiger partial charge is 0.119 e. The Labute approximate surface area is 209 Å². The van der Waals surface area contributed by atoms with E-state index in [1.807, 2.05) is 33.9 Å². The molecule has 4 heterocycles. The van der Waals surface area contributed by atoms with Gasteiger partial charge in [0.15, 0.2) is 0 Å².